The van der Waals surface area contributed by atoms with E-state index in [9.17, 15) is 23.3 Å². The predicted molar refractivity (Wildman–Crippen MR) is 100 cm³/mol. The van der Waals surface area contributed by atoms with Crippen LogP contribution in [0.2, 0.25) is 18.6 Å². The summed E-state index contributed by atoms with van der Waals surface area (Å²) in [5.41, 5.74) is -0.892. The zero-order chi connectivity index (χ0) is 20.4. The first-order valence-electron chi connectivity index (χ1n) is 9.15. The molecule has 0 aromatic heterocycles. The van der Waals surface area contributed by atoms with Gasteiger partial charge in [0.25, 0.3) is 5.69 Å². The van der Waals surface area contributed by atoms with E-state index in [-0.39, 0.29) is 18.2 Å². The van der Waals surface area contributed by atoms with Crippen molar-refractivity contribution in [1.29, 1.82) is 0 Å². The molecule has 0 atom stereocenters. The number of alkyl halides is 3. The van der Waals surface area contributed by atoms with Crippen LogP contribution in [0.5, 0.6) is 0 Å². The van der Waals surface area contributed by atoms with Gasteiger partial charge in [-0.05, 0) is 37.0 Å². The van der Waals surface area contributed by atoms with Gasteiger partial charge in [-0.15, -0.1) is 0 Å². The van der Waals surface area contributed by atoms with Crippen LogP contribution in [-0.2, 0) is 17.1 Å². The number of benzene rings is 1. The summed E-state index contributed by atoms with van der Waals surface area (Å²) in [6.45, 7) is 10.1. The van der Waals surface area contributed by atoms with Crippen molar-refractivity contribution in [2.24, 2.45) is 0 Å². The highest BCUT2D eigenvalue weighted by Gasteiger charge is 2.36. The standard InChI is InChI=1S/C18H27F3N2O3Si/c1-13(2)27(3,4)26-16-7-9-22(10-8-16)12-14-5-6-15(23(24)25)11-17(14)18(19,20)21/h5-6,11,13,16H,7-10,12H2,1-4H3. The third-order valence-corrected chi connectivity index (χ3v) is 9.12. The van der Waals surface area contributed by atoms with E-state index in [0.717, 1.165) is 18.9 Å². The number of likely N-dealkylation sites (tertiary alicyclic amines) is 1. The Bertz CT molecular complexity index is 672. The minimum absolute atomic E-state index is 0.0735. The van der Waals surface area contributed by atoms with Crippen molar-refractivity contribution >= 4 is 14.0 Å². The second-order valence-electron chi connectivity index (χ2n) is 7.95. The molecule has 0 spiro atoms. The molecule has 27 heavy (non-hydrogen) atoms. The summed E-state index contributed by atoms with van der Waals surface area (Å²) >= 11 is 0. The molecule has 1 aliphatic rings. The second-order valence-corrected chi connectivity index (χ2v) is 12.5. The van der Waals surface area contributed by atoms with E-state index in [1.165, 1.54) is 6.07 Å². The Labute approximate surface area is 158 Å². The van der Waals surface area contributed by atoms with Crippen LogP contribution in [0.15, 0.2) is 18.2 Å². The quantitative estimate of drug-likeness (QED) is 0.371. The number of nitro groups is 1. The lowest BCUT2D eigenvalue weighted by Gasteiger charge is -2.38. The van der Waals surface area contributed by atoms with Crippen molar-refractivity contribution in [3.05, 3.63) is 39.4 Å². The van der Waals surface area contributed by atoms with Crippen molar-refractivity contribution in [3.63, 3.8) is 0 Å². The smallest absolute Gasteiger partial charge is 0.414 e. The fourth-order valence-electron chi connectivity index (χ4n) is 3.07. The van der Waals surface area contributed by atoms with Gasteiger partial charge in [-0.1, -0.05) is 19.9 Å². The number of rotatable bonds is 6. The van der Waals surface area contributed by atoms with Crippen LogP contribution in [0, 0.1) is 10.1 Å². The molecule has 1 heterocycles. The normalized spacial score (nSPS) is 17.5. The molecule has 152 valence electrons. The van der Waals surface area contributed by atoms with Gasteiger partial charge in [0.15, 0.2) is 8.32 Å². The molecule has 0 aliphatic carbocycles. The number of nitro benzene ring substituents is 1. The minimum atomic E-state index is -4.62. The fourth-order valence-corrected chi connectivity index (χ4v) is 4.44. The van der Waals surface area contributed by atoms with Crippen LogP contribution in [0.3, 0.4) is 0 Å². The third-order valence-electron chi connectivity index (χ3n) is 5.40. The van der Waals surface area contributed by atoms with E-state index in [1.807, 2.05) is 4.90 Å². The zero-order valence-corrected chi connectivity index (χ0v) is 17.2. The molecular formula is C18H27F3N2O3Si. The van der Waals surface area contributed by atoms with E-state index >= 15 is 0 Å². The number of hydrogen-bond acceptors (Lipinski definition) is 4. The summed E-state index contributed by atoms with van der Waals surface area (Å²) in [6, 6.07) is 2.98. The van der Waals surface area contributed by atoms with E-state index in [1.54, 1.807) is 0 Å². The molecule has 0 unspecified atom stereocenters. The Balaban J connectivity index is 2.04. The summed E-state index contributed by atoms with van der Waals surface area (Å²) in [5.74, 6) is 0. The second kappa shape index (κ2) is 8.28. The van der Waals surface area contributed by atoms with Crippen LogP contribution >= 0.6 is 0 Å². The maximum atomic E-state index is 13.3. The Kier molecular flexibility index (Phi) is 6.70. The lowest BCUT2D eigenvalue weighted by molar-refractivity contribution is -0.385. The average molecular weight is 405 g/mol. The first kappa shape index (κ1) is 21.8. The zero-order valence-electron chi connectivity index (χ0n) is 16.2. The Morgan fingerprint density at radius 2 is 1.89 bits per heavy atom. The number of piperidine rings is 1. The SMILES string of the molecule is CC(C)[Si](C)(C)OC1CCN(Cc2ccc([N+](=O)[O-])cc2C(F)(F)F)CC1. The van der Waals surface area contributed by atoms with Gasteiger partial charge < -0.3 is 4.43 Å². The van der Waals surface area contributed by atoms with Crippen LogP contribution in [0.4, 0.5) is 18.9 Å². The highest BCUT2D eigenvalue weighted by Crippen LogP contribution is 2.35. The Morgan fingerprint density at radius 1 is 1.30 bits per heavy atom. The van der Waals surface area contributed by atoms with Gasteiger partial charge in [-0.25, -0.2) is 0 Å². The molecule has 0 amide bonds. The summed E-state index contributed by atoms with van der Waals surface area (Å²) in [6.07, 6.45) is -2.88. The van der Waals surface area contributed by atoms with Gasteiger partial charge in [0.05, 0.1) is 10.5 Å². The van der Waals surface area contributed by atoms with Gasteiger partial charge in [-0.3, -0.25) is 15.0 Å². The summed E-state index contributed by atoms with van der Waals surface area (Å²) in [4.78, 5) is 12.0. The van der Waals surface area contributed by atoms with E-state index in [2.05, 4.69) is 26.9 Å². The lowest BCUT2D eigenvalue weighted by atomic mass is 10.0. The van der Waals surface area contributed by atoms with Crippen molar-refractivity contribution in [2.75, 3.05) is 13.1 Å². The highest BCUT2D eigenvalue weighted by atomic mass is 28.4. The van der Waals surface area contributed by atoms with Crippen molar-refractivity contribution in [2.45, 2.75) is 64.1 Å². The first-order valence-corrected chi connectivity index (χ1v) is 12.1. The number of nitrogens with zero attached hydrogens (tertiary/aromatic N) is 2. The molecule has 1 aromatic rings. The third kappa shape index (κ3) is 5.76. The molecule has 0 N–H and O–H groups in total. The van der Waals surface area contributed by atoms with Gasteiger partial charge in [-0.2, -0.15) is 13.2 Å². The molecule has 1 fully saturated rings. The topological polar surface area (TPSA) is 55.6 Å². The predicted octanol–water partition coefficient (Wildman–Crippen LogP) is 5.21. The largest absolute Gasteiger partial charge is 0.416 e. The van der Waals surface area contributed by atoms with Crippen LogP contribution < -0.4 is 0 Å². The first-order chi connectivity index (χ1) is 12.4. The van der Waals surface area contributed by atoms with E-state index in [0.29, 0.717) is 24.7 Å². The molecule has 1 aliphatic heterocycles. The van der Waals surface area contributed by atoms with Gasteiger partial charge in [0, 0.05) is 37.9 Å². The van der Waals surface area contributed by atoms with Gasteiger partial charge in [0.1, 0.15) is 0 Å². The maximum Gasteiger partial charge on any atom is 0.416 e. The fraction of sp³-hybridized carbons (Fsp3) is 0.667. The minimum Gasteiger partial charge on any atom is -0.414 e. The molecular weight excluding hydrogens is 377 g/mol. The van der Waals surface area contributed by atoms with Crippen LogP contribution in [0.25, 0.3) is 0 Å². The van der Waals surface area contributed by atoms with E-state index < -0.39 is 30.7 Å². The van der Waals surface area contributed by atoms with Crippen molar-refractivity contribution in [3.8, 4) is 0 Å². The summed E-state index contributed by atoms with van der Waals surface area (Å²) in [7, 11) is -1.75. The number of halogens is 3. The molecule has 5 nitrogen and oxygen atoms in total. The molecule has 9 heteroatoms. The molecule has 1 saturated heterocycles. The molecule has 0 bridgehead atoms. The molecule has 1 aromatic carbocycles. The molecule has 0 radical (unpaired) electrons. The number of hydrogen-bond donors (Lipinski definition) is 0. The highest BCUT2D eigenvalue weighted by molar-refractivity contribution is 6.72. The Morgan fingerprint density at radius 3 is 2.37 bits per heavy atom. The summed E-state index contributed by atoms with van der Waals surface area (Å²) < 4.78 is 46.3. The van der Waals surface area contributed by atoms with Crippen LogP contribution in [-0.4, -0.2) is 37.3 Å². The van der Waals surface area contributed by atoms with Crippen LogP contribution in [0.1, 0.15) is 37.8 Å². The monoisotopic (exact) mass is 404 g/mol. The van der Waals surface area contributed by atoms with Gasteiger partial charge in [0.2, 0.25) is 0 Å². The lowest BCUT2D eigenvalue weighted by Crippen LogP contribution is -2.44. The average Bonchev–Trinajstić information content (AvgIpc) is 2.55. The maximum absolute atomic E-state index is 13.3. The van der Waals surface area contributed by atoms with Gasteiger partial charge >= 0.3 is 6.18 Å². The Hall–Kier alpha value is -1.45. The van der Waals surface area contributed by atoms with E-state index in [4.69, 9.17) is 4.43 Å². The van der Waals surface area contributed by atoms with Crippen molar-refractivity contribution in [1.82, 2.24) is 4.90 Å². The molecule has 0 saturated carbocycles. The van der Waals surface area contributed by atoms with Crippen molar-refractivity contribution < 1.29 is 22.5 Å². The number of non-ortho nitro benzene ring substituents is 1. The summed E-state index contributed by atoms with van der Waals surface area (Å²) in [5, 5.41) is 10.8. The molecule has 2 rings (SSSR count).